The van der Waals surface area contributed by atoms with Crippen LogP contribution in [0.25, 0.3) is 0 Å². The average Bonchev–Trinajstić information content (AvgIpc) is 2.80. The van der Waals surface area contributed by atoms with Gasteiger partial charge in [-0.2, -0.15) is 5.26 Å². The first-order chi connectivity index (χ1) is 10.7. The van der Waals surface area contributed by atoms with Crippen LogP contribution in [0.2, 0.25) is 0 Å². The van der Waals surface area contributed by atoms with Crippen LogP contribution in [0.4, 0.5) is 0 Å². The molecule has 3 nitrogen and oxygen atoms in total. The molecule has 3 atom stereocenters. The number of aromatic nitrogens is 1. The monoisotopic (exact) mass is 295 g/mol. The first-order valence-corrected chi connectivity index (χ1v) is 8.07. The summed E-state index contributed by atoms with van der Waals surface area (Å²) in [6.07, 6.45) is 11.8. The van der Waals surface area contributed by atoms with E-state index in [0.717, 1.165) is 30.5 Å². The number of aryl methyl sites for hydroxylation is 1. The number of nitrogens with zero attached hydrogens (tertiary/aromatic N) is 3. The fourth-order valence-corrected chi connectivity index (χ4v) is 3.52. The van der Waals surface area contributed by atoms with E-state index in [-0.39, 0.29) is 0 Å². The van der Waals surface area contributed by atoms with Crippen molar-refractivity contribution in [2.24, 2.45) is 0 Å². The van der Waals surface area contributed by atoms with E-state index in [1.807, 2.05) is 39.2 Å². The lowest BCUT2D eigenvalue weighted by atomic mass is 9.71. The van der Waals surface area contributed by atoms with Crippen molar-refractivity contribution in [1.82, 2.24) is 9.88 Å². The van der Waals surface area contributed by atoms with Gasteiger partial charge in [0.1, 0.15) is 0 Å². The Morgan fingerprint density at radius 2 is 2.00 bits per heavy atom. The highest BCUT2D eigenvalue weighted by atomic mass is 15.2. The topological polar surface area (TPSA) is 39.9 Å². The van der Waals surface area contributed by atoms with E-state index in [2.05, 4.69) is 40.8 Å². The Labute approximate surface area is 134 Å². The lowest BCUT2D eigenvalue weighted by Gasteiger charge is -2.43. The summed E-state index contributed by atoms with van der Waals surface area (Å²) in [6, 6.07) is 5.38. The normalized spacial score (nSPS) is 29.4. The molecule has 2 aliphatic rings. The third-order valence-corrected chi connectivity index (χ3v) is 4.50. The zero-order chi connectivity index (χ0) is 16.2. The van der Waals surface area contributed by atoms with E-state index in [4.69, 9.17) is 0 Å². The number of rotatable bonds is 3. The van der Waals surface area contributed by atoms with Crippen LogP contribution in [0.5, 0.6) is 0 Å². The summed E-state index contributed by atoms with van der Waals surface area (Å²) in [5.41, 5.74) is 1.78. The Balaban J connectivity index is 0.000000847. The van der Waals surface area contributed by atoms with E-state index in [1.54, 1.807) is 0 Å². The van der Waals surface area contributed by atoms with Crippen LogP contribution < -0.4 is 0 Å². The van der Waals surface area contributed by atoms with Gasteiger partial charge in [-0.15, -0.1) is 6.58 Å². The highest BCUT2D eigenvalue weighted by molar-refractivity contribution is 5.37. The lowest BCUT2D eigenvalue weighted by molar-refractivity contribution is 0.133. The highest BCUT2D eigenvalue weighted by Crippen LogP contribution is 2.44. The standard InChI is InChI=1S/C17H19N3.C2H6/c1-3-6-20-15-4-5-16(20)9-17(8-15,12-18)14-7-13(2)10-19-11-14;1-2/h3-5,7,10-11,15-16H,1,6,8-9H2,2H3;1-2H3/t15-,16+,17?;. The molecule has 1 aromatic heterocycles. The summed E-state index contributed by atoms with van der Waals surface area (Å²) in [5.74, 6) is 0. The molecule has 3 heterocycles. The van der Waals surface area contributed by atoms with Crippen molar-refractivity contribution >= 4 is 0 Å². The van der Waals surface area contributed by atoms with Crippen molar-refractivity contribution < 1.29 is 0 Å². The minimum atomic E-state index is -0.407. The molecule has 1 unspecified atom stereocenters. The molecule has 22 heavy (non-hydrogen) atoms. The van der Waals surface area contributed by atoms with Crippen molar-refractivity contribution in [3.63, 3.8) is 0 Å². The van der Waals surface area contributed by atoms with Crippen LogP contribution in [-0.4, -0.2) is 28.5 Å². The second-order valence-electron chi connectivity index (χ2n) is 5.86. The highest BCUT2D eigenvalue weighted by Gasteiger charge is 2.47. The van der Waals surface area contributed by atoms with Gasteiger partial charge in [-0.3, -0.25) is 9.88 Å². The predicted octanol–water partition coefficient (Wildman–Crippen LogP) is 3.77. The summed E-state index contributed by atoms with van der Waals surface area (Å²) in [6.45, 7) is 10.7. The van der Waals surface area contributed by atoms with Crippen molar-refractivity contribution in [3.05, 3.63) is 54.4 Å². The van der Waals surface area contributed by atoms with E-state index >= 15 is 0 Å². The molecule has 2 aliphatic heterocycles. The molecule has 3 rings (SSSR count). The van der Waals surface area contributed by atoms with Crippen LogP contribution in [0.1, 0.15) is 37.8 Å². The lowest BCUT2D eigenvalue weighted by Crippen LogP contribution is -2.49. The number of fused-ring (bicyclic) bond motifs is 2. The third kappa shape index (κ3) is 2.84. The molecule has 3 heteroatoms. The van der Waals surface area contributed by atoms with Gasteiger partial charge < -0.3 is 0 Å². The van der Waals surface area contributed by atoms with Gasteiger partial charge in [-0.25, -0.2) is 0 Å². The smallest absolute Gasteiger partial charge is 0.0873 e. The van der Waals surface area contributed by atoms with Gasteiger partial charge in [0, 0.05) is 31.0 Å². The maximum absolute atomic E-state index is 9.82. The molecular weight excluding hydrogens is 270 g/mol. The van der Waals surface area contributed by atoms with Gasteiger partial charge in [0.2, 0.25) is 0 Å². The maximum atomic E-state index is 9.82. The second-order valence-corrected chi connectivity index (χ2v) is 5.86. The van der Waals surface area contributed by atoms with Crippen LogP contribution in [0.15, 0.2) is 43.3 Å². The molecule has 1 aromatic rings. The second kappa shape index (κ2) is 6.89. The number of hydrogen-bond acceptors (Lipinski definition) is 3. The van der Waals surface area contributed by atoms with Crippen molar-refractivity contribution in [3.8, 4) is 6.07 Å². The van der Waals surface area contributed by atoms with E-state index < -0.39 is 5.41 Å². The van der Waals surface area contributed by atoms with E-state index in [1.165, 1.54) is 0 Å². The minimum Gasteiger partial charge on any atom is -0.287 e. The van der Waals surface area contributed by atoms with Gasteiger partial charge in [-0.05, 0) is 30.9 Å². The molecule has 0 saturated carbocycles. The third-order valence-electron chi connectivity index (χ3n) is 4.50. The van der Waals surface area contributed by atoms with Gasteiger partial charge in [0.25, 0.3) is 0 Å². The molecule has 2 bridgehead atoms. The van der Waals surface area contributed by atoms with Gasteiger partial charge in [0.15, 0.2) is 0 Å². The molecule has 0 radical (unpaired) electrons. The molecule has 0 aromatic carbocycles. The summed E-state index contributed by atoms with van der Waals surface area (Å²) >= 11 is 0. The van der Waals surface area contributed by atoms with Crippen molar-refractivity contribution in [2.45, 2.75) is 51.1 Å². The quantitative estimate of drug-likeness (QED) is 0.797. The molecule has 0 N–H and O–H groups in total. The summed E-state index contributed by atoms with van der Waals surface area (Å²) in [7, 11) is 0. The SMILES string of the molecule is C=CCN1[C@@H]2C=C[C@H]1CC(C#N)(c1cncc(C)c1)C2.CC. The van der Waals surface area contributed by atoms with Gasteiger partial charge in [-0.1, -0.05) is 38.1 Å². The zero-order valence-electron chi connectivity index (χ0n) is 13.8. The van der Waals surface area contributed by atoms with Gasteiger partial charge >= 0.3 is 0 Å². The van der Waals surface area contributed by atoms with Crippen LogP contribution in [-0.2, 0) is 5.41 Å². The fourth-order valence-electron chi connectivity index (χ4n) is 3.52. The molecule has 0 amide bonds. The Kier molecular flexibility index (Phi) is 5.15. The summed E-state index contributed by atoms with van der Waals surface area (Å²) in [4.78, 5) is 6.70. The van der Waals surface area contributed by atoms with E-state index in [0.29, 0.717) is 12.1 Å². The summed E-state index contributed by atoms with van der Waals surface area (Å²) in [5, 5.41) is 9.82. The Morgan fingerprint density at radius 1 is 1.36 bits per heavy atom. The minimum absolute atomic E-state index is 0.340. The van der Waals surface area contributed by atoms with Crippen LogP contribution in [0, 0.1) is 18.3 Å². The average molecular weight is 295 g/mol. The number of pyridine rings is 1. The van der Waals surface area contributed by atoms with Crippen molar-refractivity contribution in [1.29, 1.82) is 5.26 Å². The van der Waals surface area contributed by atoms with Crippen molar-refractivity contribution in [2.75, 3.05) is 6.54 Å². The molecule has 1 saturated heterocycles. The van der Waals surface area contributed by atoms with Crippen LogP contribution in [0.3, 0.4) is 0 Å². The first-order valence-electron chi connectivity index (χ1n) is 8.07. The first kappa shape index (κ1) is 16.5. The fraction of sp³-hybridized carbons (Fsp3) is 0.474. The molecule has 116 valence electrons. The molecular formula is C19H25N3. The molecule has 1 fully saturated rings. The van der Waals surface area contributed by atoms with Crippen LogP contribution >= 0.6 is 0 Å². The number of nitriles is 1. The number of hydrogen-bond donors (Lipinski definition) is 0. The Bertz CT molecular complexity index is 581. The maximum Gasteiger partial charge on any atom is 0.0873 e. The van der Waals surface area contributed by atoms with Gasteiger partial charge in [0.05, 0.1) is 11.5 Å². The summed E-state index contributed by atoms with van der Waals surface area (Å²) < 4.78 is 0. The number of piperidine rings is 1. The molecule has 0 spiro atoms. The Morgan fingerprint density at radius 3 is 2.50 bits per heavy atom. The zero-order valence-corrected chi connectivity index (χ0v) is 13.8. The Hall–Kier alpha value is -1.92. The van der Waals surface area contributed by atoms with E-state index in [9.17, 15) is 5.26 Å². The molecule has 0 aliphatic carbocycles. The predicted molar refractivity (Wildman–Crippen MR) is 90.5 cm³/mol. The largest absolute Gasteiger partial charge is 0.287 e.